The molecular formula is C13H23N3. The van der Waals surface area contributed by atoms with Gasteiger partial charge in [0.2, 0.25) is 0 Å². The van der Waals surface area contributed by atoms with E-state index in [4.69, 9.17) is 10.7 Å². The third kappa shape index (κ3) is 2.08. The van der Waals surface area contributed by atoms with Gasteiger partial charge in [0.25, 0.3) is 0 Å². The van der Waals surface area contributed by atoms with E-state index in [2.05, 4.69) is 18.4 Å². The maximum absolute atomic E-state index is 6.17. The molecule has 2 N–H and O–H groups in total. The van der Waals surface area contributed by atoms with Gasteiger partial charge in [-0.25, -0.2) is 4.98 Å². The highest BCUT2D eigenvalue weighted by atomic mass is 15.2. The van der Waals surface area contributed by atoms with Crippen molar-refractivity contribution in [1.82, 2.24) is 9.55 Å². The number of nitrogens with zero attached hydrogens (tertiary/aromatic N) is 2. The van der Waals surface area contributed by atoms with Gasteiger partial charge in [-0.15, -0.1) is 0 Å². The lowest BCUT2D eigenvalue weighted by molar-refractivity contribution is 0.467. The Morgan fingerprint density at radius 2 is 2.25 bits per heavy atom. The summed E-state index contributed by atoms with van der Waals surface area (Å²) in [6, 6.07) is 0. The molecule has 0 radical (unpaired) electrons. The van der Waals surface area contributed by atoms with E-state index in [0.29, 0.717) is 5.92 Å². The van der Waals surface area contributed by atoms with Crippen LogP contribution in [0.25, 0.3) is 0 Å². The predicted molar refractivity (Wildman–Crippen MR) is 67.5 cm³/mol. The van der Waals surface area contributed by atoms with Gasteiger partial charge in [-0.05, 0) is 25.7 Å². The minimum atomic E-state index is 0.580. The van der Waals surface area contributed by atoms with Gasteiger partial charge >= 0.3 is 0 Å². The van der Waals surface area contributed by atoms with Crippen LogP contribution in [0.15, 0.2) is 0 Å². The maximum atomic E-state index is 6.17. The summed E-state index contributed by atoms with van der Waals surface area (Å²) in [5.74, 6) is 2.73. The molecule has 0 bridgehead atoms. The fraction of sp³-hybridized carbons (Fsp3) is 0.769. The van der Waals surface area contributed by atoms with Crippen molar-refractivity contribution in [2.24, 2.45) is 0 Å². The monoisotopic (exact) mass is 221 g/mol. The third-order valence-electron chi connectivity index (χ3n) is 3.59. The number of hydrogen-bond donors (Lipinski definition) is 1. The number of unbranched alkanes of at least 4 members (excludes halogenated alkanes) is 2. The zero-order chi connectivity index (χ0) is 11.5. The molecule has 1 aromatic rings. The summed E-state index contributed by atoms with van der Waals surface area (Å²) in [5.41, 5.74) is 7.31. The Hall–Kier alpha value is -0.990. The fourth-order valence-corrected chi connectivity index (χ4v) is 2.56. The first kappa shape index (κ1) is 11.5. The number of aromatic nitrogens is 2. The van der Waals surface area contributed by atoms with E-state index in [0.717, 1.165) is 24.5 Å². The summed E-state index contributed by atoms with van der Waals surface area (Å²) in [4.78, 5) is 4.74. The van der Waals surface area contributed by atoms with Crippen molar-refractivity contribution in [3.05, 3.63) is 11.5 Å². The van der Waals surface area contributed by atoms with Crippen LogP contribution < -0.4 is 5.73 Å². The van der Waals surface area contributed by atoms with Crippen molar-refractivity contribution in [3.8, 4) is 0 Å². The van der Waals surface area contributed by atoms with E-state index < -0.39 is 0 Å². The van der Waals surface area contributed by atoms with Crippen LogP contribution in [0.1, 0.15) is 63.4 Å². The smallest absolute Gasteiger partial charge is 0.126 e. The SMILES string of the molecule is CCCCCc1nc2n(c1N)CCCC2C. The van der Waals surface area contributed by atoms with Crippen molar-refractivity contribution in [3.63, 3.8) is 0 Å². The third-order valence-corrected chi connectivity index (χ3v) is 3.59. The molecule has 1 aliphatic rings. The molecule has 0 saturated heterocycles. The second kappa shape index (κ2) is 4.89. The highest BCUT2D eigenvalue weighted by molar-refractivity contribution is 5.39. The Morgan fingerprint density at radius 3 is 2.94 bits per heavy atom. The van der Waals surface area contributed by atoms with Gasteiger partial charge in [0.1, 0.15) is 11.6 Å². The first-order chi connectivity index (χ1) is 7.74. The average Bonchev–Trinajstić information content (AvgIpc) is 2.59. The minimum Gasteiger partial charge on any atom is -0.384 e. The maximum Gasteiger partial charge on any atom is 0.126 e. The summed E-state index contributed by atoms with van der Waals surface area (Å²) in [5, 5.41) is 0. The highest BCUT2D eigenvalue weighted by Crippen LogP contribution is 2.30. The van der Waals surface area contributed by atoms with Gasteiger partial charge in [0.05, 0.1) is 5.69 Å². The number of aryl methyl sites for hydroxylation is 1. The molecule has 3 nitrogen and oxygen atoms in total. The van der Waals surface area contributed by atoms with Crippen molar-refractivity contribution in [1.29, 1.82) is 0 Å². The van der Waals surface area contributed by atoms with Gasteiger partial charge in [-0.3, -0.25) is 0 Å². The Kier molecular flexibility index (Phi) is 3.52. The molecule has 1 unspecified atom stereocenters. The van der Waals surface area contributed by atoms with E-state index in [1.54, 1.807) is 0 Å². The van der Waals surface area contributed by atoms with Crippen molar-refractivity contribution in [2.75, 3.05) is 5.73 Å². The van der Waals surface area contributed by atoms with Crippen LogP contribution in [-0.2, 0) is 13.0 Å². The quantitative estimate of drug-likeness (QED) is 0.794. The number of anilines is 1. The van der Waals surface area contributed by atoms with Crippen LogP contribution in [0.5, 0.6) is 0 Å². The minimum absolute atomic E-state index is 0.580. The summed E-state index contributed by atoms with van der Waals surface area (Å²) in [6.45, 7) is 5.54. The predicted octanol–water partition coefficient (Wildman–Crippen LogP) is 3.10. The molecule has 0 spiro atoms. The lowest BCUT2D eigenvalue weighted by Crippen LogP contribution is -2.15. The van der Waals surface area contributed by atoms with E-state index in [1.807, 2.05) is 0 Å². The van der Waals surface area contributed by atoms with Crippen LogP contribution in [0.3, 0.4) is 0 Å². The molecule has 0 aromatic carbocycles. The molecule has 0 amide bonds. The van der Waals surface area contributed by atoms with E-state index in [9.17, 15) is 0 Å². The van der Waals surface area contributed by atoms with E-state index in [1.165, 1.54) is 37.9 Å². The second-order valence-electron chi connectivity index (χ2n) is 4.95. The first-order valence-corrected chi connectivity index (χ1v) is 6.58. The molecular weight excluding hydrogens is 198 g/mol. The fourth-order valence-electron chi connectivity index (χ4n) is 2.56. The molecule has 2 rings (SSSR count). The number of nitrogens with two attached hydrogens (primary N) is 1. The second-order valence-corrected chi connectivity index (χ2v) is 4.95. The zero-order valence-corrected chi connectivity index (χ0v) is 10.5. The average molecular weight is 221 g/mol. The Balaban J connectivity index is 2.14. The first-order valence-electron chi connectivity index (χ1n) is 6.58. The molecule has 1 aromatic heterocycles. The van der Waals surface area contributed by atoms with Crippen LogP contribution in [-0.4, -0.2) is 9.55 Å². The highest BCUT2D eigenvalue weighted by Gasteiger charge is 2.22. The van der Waals surface area contributed by atoms with E-state index in [-0.39, 0.29) is 0 Å². The van der Waals surface area contributed by atoms with Gasteiger partial charge in [-0.2, -0.15) is 0 Å². The molecule has 0 aliphatic carbocycles. The van der Waals surface area contributed by atoms with Gasteiger partial charge in [-0.1, -0.05) is 26.7 Å². The summed E-state index contributed by atoms with van der Waals surface area (Å²) in [7, 11) is 0. The number of rotatable bonds is 4. The van der Waals surface area contributed by atoms with Crippen LogP contribution in [0.4, 0.5) is 5.82 Å². The molecule has 16 heavy (non-hydrogen) atoms. The number of fused-ring (bicyclic) bond motifs is 1. The summed E-state index contributed by atoms with van der Waals surface area (Å²) >= 11 is 0. The Bertz CT molecular complexity index is 354. The zero-order valence-electron chi connectivity index (χ0n) is 10.5. The molecule has 1 atom stereocenters. The van der Waals surface area contributed by atoms with Crippen molar-refractivity contribution >= 4 is 5.82 Å². The topological polar surface area (TPSA) is 43.8 Å². The van der Waals surface area contributed by atoms with Gasteiger partial charge < -0.3 is 10.3 Å². The molecule has 0 saturated carbocycles. The van der Waals surface area contributed by atoms with Crippen molar-refractivity contribution in [2.45, 2.75) is 64.8 Å². The van der Waals surface area contributed by atoms with Crippen LogP contribution in [0, 0.1) is 0 Å². The van der Waals surface area contributed by atoms with E-state index >= 15 is 0 Å². The largest absolute Gasteiger partial charge is 0.384 e. The normalized spacial score (nSPS) is 19.8. The summed E-state index contributed by atoms with van der Waals surface area (Å²) in [6.07, 6.45) is 7.28. The van der Waals surface area contributed by atoms with Crippen LogP contribution >= 0.6 is 0 Å². The Morgan fingerprint density at radius 1 is 1.44 bits per heavy atom. The Labute approximate surface area is 98.1 Å². The van der Waals surface area contributed by atoms with Gasteiger partial charge in [0.15, 0.2) is 0 Å². The lowest BCUT2D eigenvalue weighted by Gasteiger charge is -2.20. The molecule has 3 heteroatoms. The summed E-state index contributed by atoms with van der Waals surface area (Å²) < 4.78 is 2.23. The molecule has 0 fully saturated rings. The standard InChI is InChI=1S/C13H23N3/c1-3-4-5-8-11-12(14)16-9-6-7-10(2)13(16)15-11/h10H,3-9,14H2,1-2H3. The number of nitrogen functional groups attached to an aromatic ring is 1. The van der Waals surface area contributed by atoms with Gasteiger partial charge in [0, 0.05) is 12.5 Å². The van der Waals surface area contributed by atoms with Crippen LogP contribution in [0.2, 0.25) is 0 Å². The van der Waals surface area contributed by atoms with Crippen molar-refractivity contribution < 1.29 is 0 Å². The number of hydrogen-bond acceptors (Lipinski definition) is 2. The molecule has 1 aliphatic heterocycles. The molecule has 2 heterocycles. The lowest BCUT2D eigenvalue weighted by atomic mass is 10.0. The number of imidazole rings is 1. The molecule has 90 valence electrons.